The van der Waals surface area contributed by atoms with Crippen LogP contribution in [0.3, 0.4) is 0 Å². The average Bonchev–Trinajstić information content (AvgIpc) is 4.07. The van der Waals surface area contributed by atoms with Gasteiger partial charge in [-0.15, -0.1) is 22.7 Å². The highest BCUT2D eigenvalue weighted by molar-refractivity contribution is 7.31. The maximum Gasteiger partial charge on any atom is 0.407 e. The molecule has 5 aromatic heterocycles. The first kappa shape index (κ1) is 41.3. The Balaban J connectivity index is 1.00. The zero-order chi connectivity index (χ0) is 42.6. The van der Waals surface area contributed by atoms with Crippen LogP contribution in [0, 0.1) is 23.7 Å². The number of aromatic nitrogens is 4. The summed E-state index contributed by atoms with van der Waals surface area (Å²) < 4.78 is 14.0. The summed E-state index contributed by atoms with van der Waals surface area (Å²) in [4.78, 5) is 71.2. The number of methoxy groups -OCH3 is 2. The molecule has 0 spiro atoms. The number of H-pyrrole nitrogens is 1. The number of carbonyl (C=O) groups excluding carboxylic acids is 4. The van der Waals surface area contributed by atoms with Crippen molar-refractivity contribution in [2.24, 2.45) is 23.7 Å². The summed E-state index contributed by atoms with van der Waals surface area (Å²) in [6.07, 6.45) is 4.45. The maximum atomic E-state index is 13.8. The molecule has 3 N–H and O–H groups in total. The largest absolute Gasteiger partial charge is 0.453 e. The molecule has 8 rings (SSSR count). The minimum atomic E-state index is -0.699. The number of aromatic amines is 1. The fourth-order valence-corrected chi connectivity index (χ4v) is 11.0. The average molecular weight is 853 g/mol. The number of imidazole rings is 2. The van der Waals surface area contributed by atoms with Gasteiger partial charge in [0.1, 0.15) is 23.6 Å². The van der Waals surface area contributed by atoms with Gasteiger partial charge in [-0.25, -0.2) is 19.6 Å². The van der Waals surface area contributed by atoms with Crippen LogP contribution in [0.15, 0.2) is 54.9 Å². The van der Waals surface area contributed by atoms with Crippen LogP contribution >= 0.6 is 22.7 Å². The lowest BCUT2D eigenvalue weighted by molar-refractivity contribution is -0.136. The third kappa shape index (κ3) is 7.94. The lowest BCUT2D eigenvalue weighted by atomic mass is 10.0. The van der Waals surface area contributed by atoms with Gasteiger partial charge in [0.2, 0.25) is 11.8 Å². The van der Waals surface area contributed by atoms with Gasteiger partial charge in [0.25, 0.3) is 0 Å². The van der Waals surface area contributed by atoms with Crippen LogP contribution in [0.1, 0.15) is 78.0 Å². The number of nitrogens with zero attached hydrogens (tertiary/aromatic N) is 5. The number of ether oxygens (including phenoxy) is 2. The summed E-state index contributed by atoms with van der Waals surface area (Å²) in [7, 11) is 2.60. The van der Waals surface area contributed by atoms with Crippen molar-refractivity contribution >= 4 is 72.8 Å². The topological polar surface area (TPSA) is 163 Å². The van der Waals surface area contributed by atoms with Gasteiger partial charge < -0.3 is 39.3 Å². The highest BCUT2D eigenvalue weighted by atomic mass is 32.1. The Morgan fingerprint density at radius 3 is 1.87 bits per heavy atom. The third-order valence-corrected chi connectivity index (χ3v) is 14.2. The van der Waals surface area contributed by atoms with Crippen molar-refractivity contribution in [1.29, 1.82) is 0 Å². The van der Waals surface area contributed by atoms with E-state index in [9.17, 15) is 19.2 Å². The summed E-state index contributed by atoms with van der Waals surface area (Å²) in [6.45, 7) is 13.1. The fraction of sp³-hybridized carbons (Fsp3) is 0.455. The second-order valence-corrected chi connectivity index (χ2v) is 19.2. The molecule has 6 atom stereocenters. The summed E-state index contributed by atoms with van der Waals surface area (Å²) in [5.74, 6) is 0.836. The molecular formula is C44H52N8O6S2. The number of pyridine rings is 1. The van der Waals surface area contributed by atoms with E-state index in [-0.39, 0.29) is 41.7 Å². The second kappa shape index (κ2) is 16.5. The minimum absolute atomic E-state index is 0.109. The number of carbonyl (C=O) groups is 4. The number of amides is 4. The van der Waals surface area contributed by atoms with E-state index in [4.69, 9.17) is 19.4 Å². The first-order valence-corrected chi connectivity index (χ1v) is 22.2. The van der Waals surface area contributed by atoms with Crippen LogP contribution in [-0.2, 0) is 19.1 Å². The Bertz CT molecular complexity index is 2390. The molecule has 0 unspecified atom stereocenters. The smallest absolute Gasteiger partial charge is 0.407 e. The molecule has 0 saturated carbocycles. The van der Waals surface area contributed by atoms with Crippen molar-refractivity contribution < 1.29 is 28.7 Å². The van der Waals surface area contributed by atoms with Crippen molar-refractivity contribution in [1.82, 2.24) is 39.8 Å². The Kier molecular flexibility index (Phi) is 11.4. The molecule has 4 amide bonds. The predicted octanol–water partition coefficient (Wildman–Crippen LogP) is 8.40. The fourth-order valence-electron chi connectivity index (χ4n) is 8.65. The van der Waals surface area contributed by atoms with Gasteiger partial charge in [-0.1, -0.05) is 47.6 Å². The second-order valence-electron chi connectivity index (χ2n) is 17.1. The SMILES string of the molecule is COC(=O)N[C@H](C(=O)N1C[C@@H](C)C[C@H]1c1cn2cc(-c3cc4sc(-c5ccc6nc([C@@H]7C[C@H](C)CN7C(=O)[C@@H](NC(=O)OC)C(C)C)[nH]c6c5)cc4s3)ccc2n1)C(C)C. The van der Waals surface area contributed by atoms with E-state index in [1.165, 1.54) is 23.6 Å². The molecule has 0 bridgehead atoms. The Hall–Kier alpha value is -5.48. The van der Waals surface area contributed by atoms with Gasteiger partial charge in [0.05, 0.1) is 43.0 Å². The zero-order valence-corrected chi connectivity index (χ0v) is 36.8. The molecule has 14 nitrogen and oxygen atoms in total. The first-order chi connectivity index (χ1) is 28.7. The first-order valence-electron chi connectivity index (χ1n) is 20.5. The van der Waals surface area contributed by atoms with Crippen LogP contribution in [0.25, 0.3) is 47.0 Å². The van der Waals surface area contributed by atoms with Crippen LogP contribution in [0.5, 0.6) is 0 Å². The molecule has 2 saturated heterocycles. The molecule has 2 aliphatic rings. The number of hydrogen-bond donors (Lipinski definition) is 3. The Labute approximate surface area is 356 Å². The summed E-state index contributed by atoms with van der Waals surface area (Å²) in [5.41, 5.74) is 5.56. The van der Waals surface area contributed by atoms with Crippen molar-refractivity contribution in [3.63, 3.8) is 0 Å². The number of nitrogens with one attached hydrogen (secondary N) is 3. The van der Waals surface area contributed by atoms with Gasteiger partial charge in [-0.05, 0) is 78.5 Å². The molecular weight excluding hydrogens is 801 g/mol. The van der Waals surface area contributed by atoms with Crippen molar-refractivity contribution in [2.75, 3.05) is 27.3 Å². The monoisotopic (exact) mass is 852 g/mol. The molecule has 16 heteroatoms. The molecule has 6 aromatic rings. The quantitative estimate of drug-likeness (QED) is 0.124. The normalized spacial score (nSPS) is 20.4. The van der Waals surface area contributed by atoms with Crippen molar-refractivity contribution in [2.45, 2.75) is 78.6 Å². The Morgan fingerprint density at radius 2 is 1.28 bits per heavy atom. The molecule has 316 valence electrons. The molecule has 2 fully saturated rings. The number of alkyl carbamates (subject to hydrolysis) is 2. The molecule has 2 aliphatic heterocycles. The number of fused-ring (bicyclic) bond motifs is 3. The Morgan fingerprint density at radius 1 is 0.733 bits per heavy atom. The van der Waals surface area contributed by atoms with E-state index in [2.05, 4.69) is 66.0 Å². The van der Waals surface area contributed by atoms with Crippen LogP contribution in [0.4, 0.5) is 9.59 Å². The molecule has 0 radical (unpaired) electrons. The number of rotatable bonds is 10. The highest BCUT2D eigenvalue weighted by Gasteiger charge is 2.41. The minimum Gasteiger partial charge on any atom is -0.453 e. The van der Waals surface area contributed by atoms with Crippen molar-refractivity contribution in [3.05, 3.63) is 66.4 Å². The van der Waals surface area contributed by atoms with E-state index in [0.29, 0.717) is 19.0 Å². The zero-order valence-electron chi connectivity index (χ0n) is 35.1. The number of likely N-dealkylation sites (tertiary alicyclic amines) is 2. The van der Waals surface area contributed by atoms with Gasteiger partial charge in [0.15, 0.2) is 0 Å². The number of hydrogen-bond acceptors (Lipinski definition) is 10. The predicted molar refractivity (Wildman–Crippen MR) is 234 cm³/mol. The lowest BCUT2D eigenvalue weighted by Gasteiger charge is -2.30. The molecule has 1 aromatic carbocycles. The van der Waals surface area contributed by atoms with Crippen LogP contribution in [-0.4, -0.2) is 92.5 Å². The standard InChI is InChI=1S/C44H52N8O6S2/c1-22(2)38(48-43(55)57-7)41(53)51-18-24(5)13-31(51)30-21-50-20-27(10-12-37(50)45-30)34-17-36-35(60-34)16-33(59-36)26-9-11-28-29(15-26)47-40(46-28)32-14-25(6)19-52(32)42(54)39(23(3)4)49-44(56)58-8/h9-12,15-17,20-25,31-32,38-39H,13-14,18-19H2,1-8H3,(H,46,47)(H,48,55)(H,49,56)/t24-,25-,31-,32-,38-,39-/m0/s1. The van der Waals surface area contributed by atoms with Crippen LogP contribution in [0.2, 0.25) is 0 Å². The summed E-state index contributed by atoms with van der Waals surface area (Å²) in [6, 6.07) is 13.0. The van der Waals surface area contributed by atoms with Crippen molar-refractivity contribution in [3.8, 4) is 20.9 Å². The number of thiophene rings is 2. The van der Waals surface area contributed by atoms with Gasteiger partial charge >= 0.3 is 12.2 Å². The van der Waals surface area contributed by atoms with E-state index in [0.717, 1.165) is 61.9 Å². The molecule has 7 heterocycles. The van der Waals surface area contributed by atoms with Crippen LogP contribution < -0.4 is 10.6 Å². The van der Waals surface area contributed by atoms with E-state index >= 15 is 0 Å². The van der Waals surface area contributed by atoms with E-state index < -0.39 is 24.3 Å². The van der Waals surface area contributed by atoms with Gasteiger partial charge in [-0.2, -0.15) is 0 Å². The van der Waals surface area contributed by atoms with Gasteiger partial charge in [-0.3, -0.25) is 9.59 Å². The molecule has 60 heavy (non-hydrogen) atoms. The van der Waals surface area contributed by atoms with E-state index in [1.54, 1.807) is 22.7 Å². The van der Waals surface area contributed by atoms with Gasteiger partial charge in [0, 0.05) is 50.2 Å². The number of benzene rings is 1. The van der Waals surface area contributed by atoms with E-state index in [1.807, 2.05) is 60.2 Å². The highest BCUT2D eigenvalue weighted by Crippen LogP contribution is 2.43. The summed E-state index contributed by atoms with van der Waals surface area (Å²) in [5, 5.41) is 5.46. The maximum absolute atomic E-state index is 13.8. The summed E-state index contributed by atoms with van der Waals surface area (Å²) >= 11 is 3.50. The third-order valence-electron chi connectivity index (χ3n) is 11.8. The lowest BCUT2D eigenvalue weighted by Crippen LogP contribution is -2.51. The molecule has 0 aliphatic carbocycles.